The zero-order valence-electron chi connectivity index (χ0n) is 13.7. The van der Waals surface area contributed by atoms with Crippen LogP contribution in [0.3, 0.4) is 0 Å². The molecule has 3 heterocycles. The van der Waals surface area contributed by atoms with Crippen molar-refractivity contribution in [3.05, 3.63) is 58.5 Å². The molecule has 0 radical (unpaired) electrons. The SMILES string of the molecule is O=C(c1ccc(Br)o1)N1CCCC(c2nnc(-c3ccc(F)cc3)o2)C1. The Labute approximate surface area is 157 Å². The van der Waals surface area contributed by atoms with Crippen LogP contribution in [0.4, 0.5) is 4.39 Å². The van der Waals surface area contributed by atoms with E-state index in [0.29, 0.717) is 40.9 Å². The number of amides is 1. The summed E-state index contributed by atoms with van der Waals surface area (Å²) in [4.78, 5) is 14.3. The Hall–Kier alpha value is -2.48. The molecular formula is C18H15BrFN3O3. The molecule has 8 heteroatoms. The Morgan fingerprint density at radius 3 is 2.69 bits per heavy atom. The standard InChI is InChI=1S/C18H15BrFN3O3/c19-15-8-7-14(25-15)18(24)23-9-1-2-12(10-23)17-22-21-16(26-17)11-3-5-13(20)6-4-11/h3-8,12H,1-2,9-10H2. The van der Waals surface area contributed by atoms with E-state index in [1.165, 1.54) is 12.1 Å². The topological polar surface area (TPSA) is 72.4 Å². The summed E-state index contributed by atoms with van der Waals surface area (Å²) in [5.74, 6) is 0.627. The predicted octanol–water partition coefficient (Wildman–Crippen LogP) is 4.25. The number of benzene rings is 1. The number of halogens is 2. The fourth-order valence-corrected chi connectivity index (χ4v) is 3.36. The van der Waals surface area contributed by atoms with Gasteiger partial charge in [-0.05, 0) is 65.2 Å². The third kappa shape index (κ3) is 3.41. The lowest BCUT2D eigenvalue weighted by Gasteiger charge is -2.30. The lowest BCUT2D eigenvalue weighted by atomic mass is 9.98. The third-order valence-corrected chi connectivity index (χ3v) is 4.80. The summed E-state index contributed by atoms with van der Waals surface area (Å²) in [5, 5.41) is 8.19. The van der Waals surface area contributed by atoms with Crippen LogP contribution in [0.2, 0.25) is 0 Å². The molecule has 1 unspecified atom stereocenters. The van der Waals surface area contributed by atoms with Crippen LogP contribution in [0, 0.1) is 5.82 Å². The zero-order chi connectivity index (χ0) is 18.1. The van der Waals surface area contributed by atoms with Crippen LogP contribution in [-0.2, 0) is 0 Å². The van der Waals surface area contributed by atoms with E-state index in [9.17, 15) is 9.18 Å². The second-order valence-corrected chi connectivity index (χ2v) is 6.93. The monoisotopic (exact) mass is 419 g/mol. The average Bonchev–Trinajstić information content (AvgIpc) is 3.31. The first kappa shape index (κ1) is 17.0. The lowest BCUT2D eigenvalue weighted by molar-refractivity contribution is 0.0665. The molecule has 26 heavy (non-hydrogen) atoms. The molecule has 6 nitrogen and oxygen atoms in total. The first-order valence-electron chi connectivity index (χ1n) is 8.24. The molecule has 4 rings (SSSR count). The highest BCUT2D eigenvalue weighted by Gasteiger charge is 2.30. The molecule has 2 aromatic heterocycles. The van der Waals surface area contributed by atoms with Crippen molar-refractivity contribution in [1.29, 1.82) is 0 Å². The van der Waals surface area contributed by atoms with Gasteiger partial charge in [-0.15, -0.1) is 10.2 Å². The minimum atomic E-state index is -0.320. The van der Waals surface area contributed by atoms with Crippen molar-refractivity contribution in [3.8, 4) is 11.5 Å². The van der Waals surface area contributed by atoms with E-state index in [2.05, 4.69) is 26.1 Å². The molecule has 1 aliphatic heterocycles. The molecule has 0 bridgehead atoms. The first-order chi connectivity index (χ1) is 12.6. The molecule has 0 aliphatic carbocycles. The number of carbonyl (C=O) groups is 1. The van der Waals surface area contributed by atoms with Gasteiger partial charge in [0.1, 0.15) is 5.82 Å². The smallest absolute Gasteiger partial charge is 0.289 e. The second-order valence-electron chi connectivity index (χ2n) is 6.15. The highest BCUT2D eigenvalue weighted by atomic mass is 79.9. The second kappa shape index (κ2) is 7.03. The van der Waals surface area contributed by atoms with Crippen LogP contribution in [0.5, 0.6) is 0 Å². The number of hydrogen-bond donors (Lipinski definition) is 0. The first-order valence-corrected chi connectivity index (χ1v) is 9.03. The summed E-state index contributed by atoms with van der Waals surface area (Å²) in [5.41, 5.74) is 0.661. The minimum Gasteiger partial charge on any atom is -0.444 e. The van der Waals surface area contributed by atoms with Crippen molar-refractivity contribution < 1.29 is 18.0 Å². The molecule has 1 aromatic carbocycles. The molecule has 1 fully saturated rings. The number of nitrogens with zero attached hydrogens (tertiary/aromatic N) is 3. The third-order valence-electron chi connectivity index (χ3n) is 4.37. The molecule has 1 saturated heterocycles. The van der Waals surface area contributed by atoms with Gasteiger partial charge in [-0.2, -0.15) is 0 Å². The average molecular weight is 420 g/mol. The van der Waals surface area contributed by atoms with E-state index >= 15 is 0 Å². The Morgan fingerprint density at radius 2 is 1.96 bits per heavy atom. The number of likely N-dealkylation sites (tertiary alicyclic amines) is 1. The van der Waals surface area contributed by atoms with Gasteiger partial charge in [0.2, 0.25) is 11.8 Å². The number of aromatic nitrogens is 2. The molecular weight excluding hydrogens is 405 g/mol. The molecule has 0 saturated carbocycles. The predicted molar refractivity (Wildman–Crippen MR) is 94.0 cm³/mol. The van der Waals surface area contributed by atoms with Crippen LogP contribution in [0.1, 0.15) is 35.2 Å². The highest BCUT2D eigenvalue weighted by Crippen LogP contribution is 2.29. The van der Waals surface area contributed by atoms with E-state index in [1.54, 1.807) is 29.2 Å². The number of rotatable bonds is 3. The van der Waals surface area contributed by atoms with Crippen molar-refractivity contribution in [2.45, 2.75) is 18.8 Å². The molecule has 1 atom stereocenters. The molecule has 3 aromatic rings. The number of carbonyl (C=O) groups excluding carboxylic acids is 1. The van der Waals surface area contributed by atoms with E-state index < -0.39 is 0 Å². The molecule has 0 spiro atoms. The Bertz CT molecular complexity index is 922. The largest absolute Gasteiger partial charge is 0.444 e. The van der Waals surface area contributed by atoms with Gasteiger partial charge < -0.3 is 13.7 Å². The van der Waals surface area contributed by atoms with Gasteiger partial charge in [0.05, 0.1) is 5.92 Å². The lowest BCUT2D eigenvalue weighted by Crippen LogP contribution is -2.39. The van der Waals surface area contributed by atoms with Crippen LogP contribution >= 0.6 is 15.9 Å². The van der Waals surface area contributed by atoms with Crippen LogP contribution in [0.25, 0.3) is 11.5 Å². The van der Waals surface area contributed by atoms with Gasteiger partial charge in [-0.25, -0.2) is 4.39 Å². The van der Waals surface area contributed by atoms with Crippen molar-refractivity contribution in [3.63, 3.8) is 0 Å². The Balaban J connectivity index is 1.49. The zero-order valence-corrected chi connectivity index (χ0v) is 15.3. The van der Waals surface area contributed by atoms with E-state index in [0.717, 1.165) is 12.8 Å². The number of piperidine rings is 1. The fraction of sp³-hybridized carbons (Fsp3) is 0.278. The van der Waals surface area contributed by atoms with Crippen molar-refractivity contribution in [1.82, 2.24) is 15.1 Å². The normalized spacial score (nSPS) is 17.5. The van der Waals surface area contributed by atoms with Crippen LogP contribution in [0.15, 0.2) is 49.9 Å². The van der Waals surface area contributed by atoms with Crippen LogP contribution in [-0.4, -0.2) is 34.1 Å². The summed E-state index contributed by atoms with van der Waals surface area (Å²) < 4.78 is 24.7. The summed E-state index contributed by atoms with van der Waals surface area (Å²) >= 11 is 3.21. The van der Waals surface area contributed by atoms with Gasteiger partial charge in [0, 0.05) is 18.7 Å². The van der Waals surface area contributed by atoms with E-state index in [4.69, 9.17) is 8.83 Å². The van der Waals surface area contributed by atoms with Gasteiger partial charge in [-0.3, -0.25) is 4.79 Å². The molecule has 134 valence electrons. The van der Waals surface area contributed by atoms with Crippen molar-refractivity contribution in [2.75, 3.05) is 13.1 Å². The Kier molecular flexibility index (Phi) is 4.58. The molecule has 1 amide bonds. The highest BCUT2D eigenvalue weighted by molar-refractivity contribution is 9.10. The molecule has 0 N–H and O–H groups in total. The summed E-state index contributed by atoms with van der Waals surface area (Å²) in [6, 6.07) is 9.23. The van der Waals surface area contributed by atoms with E-state index in [1.807, 2.05) is 0 Å². The van der Waals surface area contributed by atoms with Gasteiger partial charge in [-0.1, -0.05) is 0 Å². The van der Waals surface area contributed by atoms with Gasteiger partial charge in [0.15, 0.2) is 10.4 Å². The maximum absolute atomic E-state index is 13.0. The number of furan rings is 1. The van der Waals surface area contributed by atoms with Gasteiger partial charge in [0.25, 0.3) is 5.91 Å². The summed E-state index contributed by atoms with van der Waals surface area (Å²) in [6.07, 6.45) is 1.70. The van der Waals surface area contributed by atoms with Crippen molar-refractivity contribution >= 4 is 21.8 Å². The number of hydrogen-bond acceptors (Lipinski definition) is 5. The van der Waals surface area contributed by atoms with E-state index in [-0.39, 0.29) is 17.6 Å². The minimum absolute atomic E-state index is 0.0344. The van der Waals surface area contributed by atoms with Crippen LogP contribution < -0.4 is 0 Å². The summed E-state index contributed by atoms with van der Waals surface area (Å²) in [6.45, 7) is 1.15. The maximum Gasteiger partial charge on any atom is 0.289 e. The van der Waals surface area contributed by atoms with Crippen molar-refractivity contribution in [2.24, 2.45) is 0 Å². The quantitative estimate of drug-likeness (QED) is 0.634. The maximum atomic E-state index is 13.0. The fourth-order valence-electron chi connectivity index (χ4n) is 3.06. The molecule has 1 aliphatic rings. The van der Waals surface area contributed by atoms with Gasteiger partial charge >= 0.3 is 0 Å². The summed E-state index contributed by atoms with van der Waals surface area (Å²) in [7, 11) is 0. The Morgan fingerprint density at radius 1 is 1.15 bits per heavy atom.